The second kappa shape index (κ2) is 8.44. The van der Waals surface area contributed by atoms with Crippen molar-refractivity contribution in [3.05, 3.63) is 24.3 Å². The fourth-order valence-electron chi connectivity index (χ4n) is 0.873. The first kappa shape index (κ1) is 14.1. The van der Waals surface area contributed by atoms with Gasteiger partial charge in [0, 0.05) is 19.3 Å². The van der Waals surface area contributed by atoms with Gasteiger partial charge in [-0.2, -0.15) is 5.10 Å². The monoisotopic (exact) mass is 237 g/mol. The Balaban J connectivity index is 4.74. The molecule has 0 amide bonds. The Kier molecular flexibility index (Phi) is 7.45. The lowest BCUT2D eigenvalue weighted by Crippen LogP contribution is -2.39. The van der Waals surface area contributed by atoms with Gasteiger partial charge < -0.3 is 10.8 Å². The van der Waals surface area contributed by atoms with Crippen LogP contribution in [-0.4, -0.2) is 30.0 Å². The van der Waals surface area contributed by atoms with E-state index in [0.29, 0.717) is 11.7 Å². The SMILES string of the molecule is C#CNN(C/C(C=C)=C/C=N)/C(S)=N\NC. The van der Waals surface area contributed by atoms with Gasteiger partial charge >= 0.3 is 0 Å². The number of hydrogen-bond donors (Lipinski definition) is 4. The zero-order valence-electron chi connectivity index (χ0n) is 9.07. The van der Waals surface area contributed by atoms with Crippen LogP contribution in [0, 0.1) is 17.9 Å². The van der Waals surface area contributed by atoms with Crippen LogP contribution >= 0.6 is 12.6 Å². The number of hydrazone groups is 1. The van der Waals surface area contributed by atoms with Crippen molar-refractivity contribution in [3.63, 3.8) is 0 Å². The molecule has 0 heterocycles. The minimum absolute atomic E-state index is 0.387. The molecule has 0 rings (SSSR count). The third kappa shape index (κ3) is 5.12. The lowest BCUT2D eigenvalue weighted by Gasteiger charge is -2.21. The van der Waals surface area contributed by atoms with Crippen LogP contribution in [0.25, 0.3) is 0 Å². The maximum absolute atomic E-state index is 6.98. The van der Waals surface area contributed by atoms with Crippen molar-refractivity contribution in [3.8, 4) is 12.5 Å². The predicted octanol–water partition coefficient (Wildman–Crippen LogP) is 0.566. The lowest BCUT2D eigenvalue weighted by atomic mass is 10.2. The largest absolute Gasteiger partial charge is 0.311 e. The van der Waals surface area contributed by atoms with E-state index >= 15 is 0 Å². The predicted molar refractivity (Wildman–Crippen MR) is 71.2 cm³/mol. The van der Waals surface area contributed by atoms with Crippen LogP contribution in [0.2, 0.25) is 0 Å². The molecule has 0 aromatic heterocycles. The summed E-state index contributed by atoms with van der Waals surface area (Å²) in [6, 6.07) is 2.28. The maximum Gasteiger partial charge on any atom is 0.199 e. The Morgan fingerprint density at radius 1 is 1.75 bits per heavy atom. The van der Waals surface area contributed by atoms with Crippen molar-refractivity contribution in [2.75, 3.05) is 13.6 Å². The molecule has 0 aliphatic rings. The summed E-state index contributed by atoms with van der Waals surface area (Å²) in [6.45, 7) is 4.05. The first-order valence-corrected chi connectivity index (χ1v) is 4.88. The summed E-state index contributed by atoms with van der Waals surface area (Å²) >= 11 is 4.16. The number of hydrazine groups is 1. The zero-order valence-corrected chi connectivity index (χ0v) is 9.96. The number of hydrogen-bond acceptors (Lipinski definition) is 4. The van der Waals surface area contributed by atoms with E-state index in [-0.39, 0.29) is 0 Å². The summed E-state index contributed by atoms with van der Waals surface area (Å²) in [6.07, 6.45) is 9.58. The molecule has 0 unspecified atom stereocenters. The first-order chi connectivity index (χ1) is 7.69. The van der Waals surface area contributed by atoms with Crippen LogP contribution in [0.1, 0.15) is 0 Å². The van der Waals surface area contributed by atoms with Crippen LogP contribution in [0.3, 0.4) is 0 Å². The van der Waals surface area contributed by atoms with Gasteiger partial charge in [-0.1, -0.05) is 19.1 Å². The van der Waals surface area contributed by atoms with E-state index in [1.54, 1.807) is 19.2 Å². The lowest BCUT2D eigenvalue weighted by molar-refractivity contribution is 0.406. The summed E-state index contributed by atoms with van der Waals surface area (Å²) in [7, 11) is 1.66. The summed E-state index contributed by atoms with van der Waals surface area (Å²) in [5, 5.41) is 12.8. The molecule has 5 nitrogen and oxygen atoms in total. The molecule has 0 atom stereocenters. The van der Waals surface area contributed by atoms with E-state index < -0.39 is 0 Å². The molecule has 16 heavy (non-hydrogen) atoms. The molecule has 0 bridgehead atoms. The summed E-state index contributed by atoms with van der Waals surface area (Å²) in [4.78, 5) is 0. The van der Waals surface area contributed by atoms with Crippen molar-refractivity contribution in [2.45, 2.75) is 0 Å². The highest BCUT2D eigenvalue weighted by molar-refractivity contribution is 7.96. The highest BCUT2D eigenvalue weighted by Gasteiger charge is 2.07. The highest BCUT2D eigenvalue weighted by atomic mass is 32.1. The molecule has 6 heteroatoms. The number of amidine groups is 1. The van der Waals surface area contributed by atoms with E-state index in [2.05, 4.69) is 41.2 Å². The normalized spacial score (nSPS) is 11.3. The Morgan fingerprint density at radius 3 is 2.88 bits per heavy atom. The maximum atomic E-state index is 6.98. The topological polar surface area (TPSA) is 63.5 Å². The number of rotatable bonds is 6. The van der Waals surface area contributed by atoms with E-state index in [1.165, 1.54) is 11.2 Å². The van der Waals surface area contributed by atoms with E-state index in [9.17, 15) is 0 Å². The first-order valence-electron chi connectivity index (χ1n) is 4.43. The number of terminal acetylenes is 1. The molecule has 0 aromatic carbocycles. The molecule has 86 valence electrons. The third-order valence-corrected chi connectivity index (χ3v) is 1.89. The molecule has 0 aliphatic carbocycles. The summed E-state index contributed by atoms with van der Waals surface area (Å²) in [5.41, 5.74) is 6.06. The quantitative estimate of drug-likeness (QED) is 0.104. The third-order valence-electron chi connectivity index (χ3n) is 1.55. The molecule has 3 N–H and O–H groups in total. The van der Waals surface area contributed by atoms with Gasteiger partial charge in [0.05, 0.1) is 6.54 Å². The van der Waals surface area contributed by atoms with Crippen LogP contribution < -0.4 is 10.9 Å². The molecule has 0 radical (unpaired) electrons. The van der Waals surface area contributed by atoms with Crippen LogP contribution in [0.4, 0.5) is 0 Å². The summed E-state index contributed by atoms with van der Waals surface area (Å²) < 4.78 is 0. The van der Waals surface area contributed by atoms with Crippen molar-refractivity contribution >= 4 is 24.0 Å². The van der Waals surface area contributed by atoms with Crippen molar-refractivity contribution < 1.29 is 0 Å². The number of thiol groups is 1. The standard InChI is InChI=1S/C10H15N5S/c1-4-9(6-7-11)8-15(13-5-2)10(16)14-12-3/h2,4,6-7,11-13H,1,8H2,3H3,(H,14,16)/b9-6+,11-7?. The number of allylic oxidation sites excluding steroid dienone is 1. The second-order valence-corrected chi connectivity index (χ2v) is 2.99. The fraction of sp³-hybridized carbons (Fsp3) is 0.200. The molecule has 0 fully saturated rings. The average molecular weight is 237 g/mol. The smallest absolute Gasteiger partial charge is 0.199 e. The van der Waals surface area contributed by atoms with E-state index in [4.69, 9.17) is 11.8 Å². The van der Waals surface area contributed by atoms with Gasteiger partial charge in [-0.15, -0.1) is 12.6 Å². The highest BCUT2D eigenvalue weighted by Crippen LogP contribution is 2.01. The Bertz CT molecular complexity index is 340. The molecular formula is C10H15N5S. The Hall–Kier alpha value is -1.87. The van der Waals surface area contributed by atoms with Crippen LogP contribution in [0.15, 0.2) is 29.4 Å². The minimum Gasteiger partial charge on any atom is -0.311 e. The van der Waals surface area contributed by atoms with E-state index in [0.717, 1.165) is 5.57 Å². The average Bonchev–Trinajstić information content (AvgIpc) is 2.27. The van der Waals surface area contributed by atoms with Gasteiger partial charge in [0.15, 0.2) is 5.17 Å². The second-order valence-electron chi connectivity index (χ2n) is 2.59. The Morgan fingerprint density at radius 2 is 2.44 bits per heavy atom. The molecule has 0 spiro atoms. The molecule has 0 aromatic rings. The molecule has 0 saturated carbocycles. The van der Waals surface area contributed by atoms with Crippen molar-refractivity contribution in [2.24, 2.45) is 5.10 Å². The molecule has 0 aliphatic heterocycles. The number of nitrogens with one attached hydrogen (secondary N) is 3. The van der Waals surface area contributed by atoms with Crippen molar-refractivity contribution in [1.29, 1.82) is 5.41 Å². The van der Waals surface area contributed by atoms with Crippen LogP contribution in [-0.2, 0) is 0 Å². The summed E-state index contributed by atoms with van der Waals surface area (Å²) in [5.74, 6) is 0. The van der Waals surface area contributed by atoms with Gasteiger partial charge in [-0.25, -0.2) is 0 Å². The van der Waals surface area contributed by atoms with Gasteiger partial charge in [-0.05, 0) is 11.6 Å². The number of nitrogens with zero attached hydrogens (tertiary/aromatic N) is 2. The van der Waals surface area contributed by atoms with Crippen LogP contribution in [0.5, 0.6) is 0 Å². The molecule has 0 saturated heterocycles. The van der Waals surface area contributed by atoms with Gasteiger partial charge in [0.2, 0.25) is 0 Å². The fourth-order valence-corrected chi connectivity index (χ4v) is 1.09. The Labute approximate surface area is 101 Å². The minimum atomic E-state index is 0.387. The van der Waals surface area contributed by atoms with Crippen molar-refractivity contribution in [1.82, 2.24) is 15.9 Å². The molecular weight excluding hydrogens is 222 g/mol. The van der Waals surface area contributed by atoms with Gasteiger partial charge in [-0.3, -0.25) is 10.4 Å². The van der Waals surface area contributed by atoms with Gasteiger partial charge in [0.1, 0.15) is 0 Å². The van der Waals surface area contributed by atoms with Gasteiger partial charge in [0.25, 0.3) is 0 Å². The zero-order chi connectivity index (χ0) is 12.4. The van der Waals surface area contributed by atoms with E-state index in [1.807, 2.05) is 0 Å².